The molecular weight excluding hydrogens is 374 g/mol. The maximum Gasteiger partial charge on any atom is 0.227 e. The van der Waals surface area contributed by atoms with Crippen molar-refractivity contribution < 1.29 is 9.84 Å². The van der Waals surface area contributed by atoms with Gasteiger partial charge in [0.2, 0.25) is 5.88 Å². The van der Waals surface area contributed by atoms with E-state index in [1.54, 1.807) is 0 Å². The van der Waals surface area contributed by atoms with Gasteiger partial charge in [-0.25, -0.2) is 4.68 Å². The highest BCUT2D eigenvalue weighted by molar-refractivity contribution is 5.43. The topological polar surface area (TPSA) is 50.5 Å². The van der Waals surface area contributed by atoms with Crippen molar-refractivity contribution >= 4 is 0 Å². The molecule has 0 aliphatic heterocycles. The number of aliphatic hydroxyl groups excluding tert-OH is 1. The Kier molecular flexibility index (Phi) is 7.29. The van der Waals surface area contributed by atoms with E-state index in [4.69, 9.17) is 9.84 Å². The molecule has 0 aliphatic rings. The first-order chi connectivity index (χ1) is 14.3. The number of aryl methyl sites for hydroxylation is 2. The Bertz CT molecular complexity index is 921. The van der Waals surface area contributed by atoms with Crippen LogP contribution in [0.2, 0.25) is 0 Å². The second-order valence-electron chi connectivity index (χ2n) is 8.47. The summed E-state index contributed by atoms with van der Waals surface area (Å²) in [6, 6.07) is 18.1. The van der Waals surface area contributed by atoms with Crippen LogP contribution in [0.25, 0.3) is 5.69 Å². The summed E-state index contributed by atoms with van der Waals surface area (Å²) in [5.74, 6) is 2.00. The van der Waals surface area contributed by atoms with Crippen LogP contribution in [0.3, 0.4) is 0 Å². The van der Waals surface area contributed by atoms with E-state index in [2.05, 4.69) is 25.7 Å². The fourth-order valence-corrected chi connectivity index (χ4v) is 3.60. The Morgan fingerprint density at radius 1 is 0.967 bits per heavy atom. The molecule has 5 nitrogen and oxygen atoms in total. The summed E-state index contributed by atoms with van der Waals surface area (Å²) in [6.07, 6.45) is -0.394. The molecule has 0 aliphatic carbocycles. The maximum atomic E-state index is 10.0. The Morgan fingerprint density at radius 3 is 2.23 bits per heavy atom. The first-order valence-corrected chi connectivity index (χ1v) is 10.6. The average Bonchev–Trinajstić information content (AvgIpc) is 2.99. The fraction of sp³-hybridized carbons (Fsp3) is 0.400. The number of aliphatic hydroxyl groups is 1. The largest absolute Gasteiger partial charge is 0.439 e. The van der Waals surface area contributed by atoms with Crippen LogP contribution in [0.4, 0.5) is 0 Å². The van der Waals surface area contributed by atoms with Crippen LogP contribution in [-0.2, 0) is 6.54 Å². The molecular formula is C25H33N3O2. The zero-order chi connectivity index (χ0) is 21.7. The summed E-state index contributed by atoms with van der Waals surface area (Å²) in [6.45, 7) is 12.5. The third-order valence-electron chi connectivity index (χ3n) is 4.90. The quantitative estimate of drug-likeness (QED) is 0.535. The van der Waals surface area contributed by atoms with Gasteiger partial charge in [-0.15, -0.1) is 0 Å². The predicted molar refractivity (Wildman–Crippen MR) is 121 cm³/mol. The molecule has 0 amide bonds. The minimum Gasteiger partial charge on any atom is -0.439 e. The van der Waals surface area contributed by atoms with Gasteiger partial charge in [0.15, 0.2) is 0 Å². The van der Waals surface area contributed by atoms with Crippen LogP contribution in [0.1, 0.15) is 37.6 Å². The average molecular weight is 408 g/mol. The third kappa shape index (κ3) is 5.71. The molecule has 30 heavy (non-hydrogen) atoms. The van der Waals surface area contributed by atoms with E-state index in [0.29, 0.717) is 19.0 Å². The third-order valence-corrected chi connectivity index (χ3v) is 4.90. The standard InChI is InChI=1S/C25H33N3O2/c1-18(2)15-27(16-20(4)29)17-24-21(5)26-28(22-9-7-6-8-10-22)25(24)30-23-13-11-19(3)12-14-23/h6-14,18,20,29H,15-17H2,1-5H3/t20-/m1/s1. The van der Waals surface area contributed by atoms with E-state index in [-0.39, 0.29) is 0 Å². The Balaban J connectivity index is 2.02. The van der Waals surface area contributed by atoms with Crippen molar-refractivity contribution in [3.8, 4) is 17.3 Å². The van der Waals surface area contributed by atoms with E-state index in [0.717, 1.165) is 35.1 Å². The van der Waals surface area contributed by atoms with Gasteiger partial charge < -0.3 is 9.84 Å². The molecule has 2 aromatic carbocycles. The van der Waals surface area contributed by atoms with Crippen molar-refractivity contribution in [2.75, 3.05) is 13.1 Å². The van der Waals surface area contributed by atoms with Crippen molar-refractivity contribution in [3.05, 3.63) is 71.4 Å². The Hall–Kier alpha value is -2.63. The fourth-order valence-electron chi connectivity index (χ4n) is 3.60. The highest BCUT2D eigenvalue weighted by Crippen LogP contribution is 2.32. The van der Waals surface area contributed by atoms with Gasteiger partial charge in [-0.1, -0.05) is 49.7 Å². The van der Waals surface area contributed by atoms with E-state index in [1.807, 2.05) is 73.1 Å². The molecule has 1 atom stereocenters. The van der Waals surface area contributed by atoms with Gasteiger partial charge in [0.25, 0.3) is 0 Å². The number of hydrogen-bond acceptors (Lipinski definition) is 4. The second kappa shape index (κ2) is 9.92. The van der Waals surface area contributed by atoms with Gasteiger partial charge in [0.05, 0.1) is 23.0 Å². The lowest BCUT2D eigenvalue weighted by Gasteiger charge is -2.26. The van der Waals surface area contributed by atoms with E-state index in [9.17, 15) is 5.11 Å². The molecule has 0 radical (unpaired) electrons. The summed E-state index contributed by atoms with van der Waals surface area (Å²) in [5.41, 5.74) is 4.12. The number of hydrogen-bond donors (Lipinski definition) is 1. The summed E-state index contributed by atoms with van der Waals surface area (Å²) in [4.78, 5) is 2.27. The van der Waals surface area contributed by atoms with Crippen LogP contribution in [-0.4, -0.2) is 39.0 Å². The Morgan fingerprint density at radius 2 is 1.63 bits per heavy atom. The van der Waals surface area contributed by atoms with Gasteiger partial charge in [-0.3, -0.25) is 4.90 Å². The summed E-state index contributed by atoms with van der Waals surface area (Å²) in [7, 11) is 0. The van der Waals surface area contributed by atoms with Crippen molar-refractivity contribution in [1.29, 1.82) is 0 Å². The summed E-state index contributed by atoms with van der Waals surface area (Å²) >= 11 is 0. The smallest absolute Gasteiger partial charge is 0.227 e. The van der Waals surface area contributed by atoms with Crippen molar-refractivity contribution in [3.63, 3.8) is 0 Å². The van der Waals surface area contributed by atoms with Crippen LogP contribution >= 0.6 is 0 Å². The normalized spacial score (nSPS) is 12.5. The number of ether oxygens (including phenoxy) is 1. The van der Waals surface area contributed by atoms with Gasteiger partial charge in [0.1, 0.15) is 5.75 Å². The molecule has 5 heteroatoms. The van der Waals surface area contributed by atoms with Gasteiger partial charge in [-0.2, -0.15) is 5.10 Å². The van der Waals surface area contributed by atoms with Crippen LogP contribution in [0.5, 0.6) is 11.6 Å². The molecule has 0 saturated heterocycles. The number of aromatic nitrogens is 2. The zero-order valence-electron chi connectivity index (χ0n) is 18.7. The van der Waals surface area contributed by atoms with E-state index in [1.165, 1.54) is 5.56 Å². The molecule has 3 aromatic rings. The molecule has 0 bridgehead atoms. The molecule has 3 rings (SSSR count). The van der Waals surface area contributed by atoms with Crippen LogP contribution in [0, 0.1) is 19.8 Å². The van der Waals surface area contributed by atoms with Crippen LogP contribution < -0.4 is 4.74 Å². The second-order valence-corrected chi connectivity index (χ2v) is 8.47. The molecule has 0 saturated carbocycles. The first-order valence-electron chi connectivity index (χ1n) is 10.6. The summed E-state index contributed by atoms with van der Waals surface area (Å²) in [5, 5.41) is 14.8. The molecule has 0 unspecified atom stereocenters. The minimum absolute atomic E-state index is 0.394. The molecule has 1 N–H and O–H groups in total. The number of nitrogens with zero attached hydrogens (tertiary/aromatic N) is 3. The SMILES string of the molecule is Cc1ccc(Oc2c(CN(CC(C)C)C[C@@H](C)O)c(C)nn2-c2ccccc2)cc1. The lowest BCUT2D eigenvalue weighted by molar-refractivity contribution is 0.114. The number of para-hydroxylation sites is 1. The minimum atomic E-state index is -0.394. The van der Waals surface area contributed by atoms with Gasteiger partial charge in [0, 0.05) is 19.6 Å². The van der Waals surface area contributed by atoms with Crippen molar-refractivity contribution in [2.45, 2.75) is 47.3 Å². The lowest BCUT2D eigenvalue weighted by atomic mass is 10.1. The van der Waals surface area contributed by atoms with Gasteiger partial charge >= 0.3 is 0 Å². The summed E-state index contributed by atoms with van der Waals surface area (Å²) < 4.78 is 8.27. The first kappa shape index (κ1) is 22.1. The highest BCUT2D eigenvalue weighted by atomic mass is 16.5. The lowest BCUT2D eigenvalue weighted by Crippen LogP contribution is -2.33. The molecule has 0 spiro atoms. The van der Waals surface area contributed by atoms with Crippen molar-refractivity contribution in [2.24, 2.45) is 5.92 Å². The zero-order valence-corrected chi connectivity index (χ0v) is 18.7. The molecule has 160 valence electrons. The Labute approximate surface area is 179 Å². The molecule has 1 aromatic heterocycles. The number of benzene rings is 2. The van der Waals surface area contributed by atoms with Crippen LogP contribution in [0.15, 0.2) is 54.6 Å². The molecule has 0 fully saturated rings. The number of rotatable bonds is 9. The van der Waals surface area contributed by atoms with Crippen molar-refractivity contribution in [1.82, 2.24) is 14.7 Å². The van der Waals surface area contributed by atoms with E-state index < -0.39 is 6.10 Å². The molecule has 1 heterocycles. The van der Waals surface area contributed by atoms with Gasteiger partial charge in [-0.05, 0) is 51.0 Å². The highest BCUT2D eigenvalue weighted by Gasteiger charge is 2.22. The van der Waals surface area contributed by atoms with E-state index >= 15 is 0 Å². The maximum absolute atomic E-state index is 10.0. The predicted octanol–water partition coefficient (Wildman–Crippen LogP) is 5.12. The monoisotopic (exact) mass is 407 g/mol.